The van der Waals surface area contributed by atoms with Gasteiger partial charge in [-0.05, 0) is 24.1 Å². The van der Waals surface area contributed by atoms with E-state index in [1.54, 1.807) is 19.1 Å². The van der Waals surface area contributed by atoms with Gasteiger partial charge in [-0.25, -0.2) is 0 Å². The summed E-state index contributed by atoms with van der Waals surface area (Å²) in [6.07, 6.45) is 0.246. The summed E-state index contributed by atoms with van der Waals surface area (Å²) in [7, 11) is 0. The Kier molecular flexibility index (Phi) is 5.61. The molecule has 0 bridgehead atoms. The van der Waals surface area contributed by atoms with Crippen molar-refractivity contribution < 1.29 is 9.72 Å². The van der Waals surface area contributed by atoms with Crippen molar-refractivity contribution in [2.45, 2.75) is 19.3 Å². The third kappa shape index (κ3) is 4.58. The molecule has 0 fully saturated rings. The minimum Gasteiger partial charge on any atom is -0.326 e. The van der Waals surface area contributed by atoms with Crippen LogP contribution in [0.25, 0.3) is 0 Å². The van der Waals surface area contributed by atoms with Gasteiger partial charge in [0.1, 0.15) is 0 Å². The normalized spacial score (nSPS) is 10.6. The molecule has 0 aliphatic heterocycles. The molecule has 0 radical (unpaired) electrons. The second kappa shape index (κ2) is 8.27. The van der Waals surface area contributed by atoms with Crippen LogP contribution in [0.1, 0.15) is 29.0 Å². The molecule has 0 aromatic heterocycles. The Labute approximate surface area is 157 Å². The lowest BCUT2D eigenvalue weighted by Gasteiger charge is -2.18. The predicted octanol–water partition coefficient (Wildman–Crippen LogP) is 5.06. The van der Waals surface area contributed by atoms with Crippen LogP contribution in [-0.4, -0.2) is 10.8 Å². The first-order valence-corrected chi connectivity index (χ1v) is 8.69. The van der Waals surface area contributed by atoms with Crippen LogP contribution in [0.15, 0.2) is 78.9 Å². The van der Waals surface area contributed by atoms with Gasteiger partial charge in [0, 0.05) is 29.7 Å². The van der Waals surface area contributed by atoms with Crippen molar-refractivity contribution in [3.05, 3.63) is 106 Å². The number of anilines is 1. The highest BCUT2D eigenvalue weighted by molar-refractivity contribution is 5.92. The molecular formula is C22H20N2O3. The van der Waals surface area contributed by atoms with E-state index in [1.807, 2.05) is 60.7 Å². The molecule has 0 aliphatic rings. The van der Waals surface area contributed by atoms with E-state index in [0.29, 0.717) is 11.3 Å². The molecule has 0 heterocycles. The summed E-state index contributed by atoms with van der Waals surface area (Å²) >= 11 is 0. The van der Waals surface area contributed by atoms with Crippen molar-refractivity contribution in [3.63, 3.8) is 0 Å². The van der Waals surface area contributed by atoms with Gasteiger partial charge in [-0.2, -0.15) is 0 Å². The Morgan fingerprint density at radius 3 is 2.04 bits per heavy atom. The molecule has 3 aromatic carbocycles. The molecule has 1 amide bonds. The monoisotopic (exact) mass is 360 g/mol. The number of nitro groups is 1. The fourth-order valence-corrected chi connectivity index (χ4v) is 3.08. The SMILES string of the molecule is Cc1ccc(NC(=O)CC(c2ccccc2)c2ccccc2)cc1[N+](=O)[O-]. The molecule has 5 nitrogen and oxygen atoms in total. The number of rotatable bonds is 6. The van der Waals surface area contributed by atoms with Gasteiger partial charge >= 0.3 is 0 Å². The molecule has 3 aromatic rings. The molecule has 0 saturated heterocycles. The predicted molar refractivity (Wildman–Crippen MR) is 106 cm³/mol. The molecule has 0 unspecified atom stereocenters. The van der Waals surface area contributed by atoms with E-state index >= 15 is 0 Å². The topological polar surface area (TPSA) is 72.2 Å². The van der Waals surface area contributed by atoms with E-state index < -0.39 is 4.92 Å². The lowest BCUT2D eigenvalue weighted by atomic mass is 9.88. The molecule has 3 rings (SSSR count). The third-order valence-corrected chi connectivity index (χ3v) is 4.48. The van der Waals surface area contributed by atoms with Crippen molar-refractivity contribution in [1.29, 1.82) is 0 Å². The standard InChI is InChI=1S/C22H20N2O3/c1-16-12-13-19(14-21(16)24(26)27)23-22(25)15-20(17-8-4-2-5-9-17)18-10-6-3-7-11-18/h2-14,20H,15H2,1H3,(H,23,25). The molecular weight excluding hydrogens is 340 g/mol. The second-order valence-corrected chi connectivity index (χ2v) is 6.38. The maximum absolute atomic E-state index is 12.7. The fourth-order valence-electron chi connectivity index (χ4n) is 3.08. The van der Waals surface area contributed by atoms with Gasteiger partial charge in [-0.1, -0.05) is 66.7 Å². The largest absolute Gasteiger partial charge is 0.326 e. The maximum Gasteiger partial charge on any atom is 0.274 e. The highest BCUT2D eigenvalue weighted by Crippen LogP contribution is 2.29. The maximum atomic E-state index is 12.7. The second-order valence-electron chi connectivity index (χ2n) is 6.38. The summed E-state index contributed by atoms with van der Waals surface area (Å²) in [5.74, 6) is -0.279. The summed E-state index contributed by atoms with van der Waals surface area (Å²) < 4.78 is 0. The zero-order valence-corrected chi connectivity index (χ0v) is 15.0. The highest BCUT2D eigenvalue weighted by Gasteiger charge is 2.19. The van der Waals surface area contributed by atoms with Crippen molar-refractivity contribution in [1.82, 2.24) is 0 Å². The quantitative estimate of drug-likeness (QED) is 0.493. The molecule has 0 saturated carbocycles. The van der Waals surface area contributed by atoms with Crippen LogP contribution in [0.2, 0.25) is 0 Å². The number of amides is 1. The zero-order valence-electron chi connectivity index (χ0n) is 15.0. The first-order chi connectivity index (χ1) is 13.0. The molecule has 0 atom stereocenters. The van der Waals surface area contributed by atoms with Crippen LogP contribution in [-0.2, 0) is 4.79 Å². The number of hydrogen-bond acceptors (Lipinski definition) is 3. The lowest BCUT2D eigenvalue weighted by molar-refractivity contribution is -0.385. The van der Waals surface area contributed by atoms with Crippen LogP contribution < -0.4 is 5.32 Å². The Balaban J connectivity index is 1.81. The van der Waals surface area contributed by atoms with E-state index in [0.717, 1.165) is 11.1 Å². The van der Waals surface area contributed by atoms with Crippen LogP contribution >= 0.6 is 0 Å². The number of nitrogens with one attached hydrogen (secondary N) is 1. The van der Waals surface area contributed by atoms with Crippen LogP contribution in [0.5, 0.6) is 0 Å². The molecule has 136 valence electrons. The number of benzene rings is 3. The van der Waals surface area contributed by atoms with Gasteiger partial charge in [-0.3, -0.25) is 14.9 Å². The van der Waals surface area contributed by atoms with Gasteiger partial charge in [0.05, 0.1) is 4.92 Å². The van der Waals surface area contributed by atoms with Gasteiger partial charge < -0.3 is 5.32 Å². The van der Waals surface area contributed by atoms with E-state index in [-0.39, 0.29) is 23.9 Å². The zero-order chi connectivity index (χ0) is 19.2. The van der Waals surface area contributed by atoms with E-state index in [4.69, 9.17) is 0 Å². The number of aryl methyl sites for hydroxylation is 1. The number of nitro benzene ring substituents is 1. The van der Waals surface area contributed by atoms with Gasteiger partial charge in [0.2, 0.25) is 5.91 Å². The van der Waals surface area contributed by atoms with Crippen molar-refractivity contribution in [3.8, 4) is 0 Å². The van der Waals surface area contributed by atoms with Crippen LogP contribution in [0.4, 0.5) is 11.4 Å². The minimum absolute atomic E-state index is 0.00420. The van der Waals surface area contributed by atoms with Crippen molar-refractivity contribution >= 4 is 17.3 Å². The van der Waals surface area contributed by atoms with E-state index in [2.05, 4.69) is 5.32 Å². The van der Waals surface area contributed by atoms with Gasteiger partial charge in [0.25, 0.3) is 5.69 Å². The highest BCUT2D eigenvalue weighted by atomic mass is 16.6. The Morgan fingerprint density at radius 1 is 0.963 bits per heavy atom. The third-order valence-electron chi connectivity index (χ3n) is 4.48. The summed E-state index contributed by atoms with van der Waals surface area (Å²) in [5, 5.41) is 13.9. The van der Waals surface area contributed by atoms with Gasteiger partial charge in [-0.15, -0.1) is 0 Å². The average molecular weight is 360 g/mol. The molecule has 27 heavy (non-hydrogen) atoms. The van der Waals surface area contributed by atoms with Crippen molar-refractivity contribution in [2.75, 3.05) is 5.32 Å². The Morgan fingerprint density at radius 2 is 1.52 bits per heavy atom. The first kappa shape index (κ1) is 18.3. The summed E-state index contributed by atoms with van der Waals surface area (Å²) in [4.78, 5) is 23.3. The lowest BCUT2D eigenvalue weighted by Crippen LogP contribution is -2.16. The average Bonchev–Trinajstić information content (AvgIpc) is 2.69. The molecule has 5 heteroatoms. The number of carbonyl (C=O) groups excluding carboxylic acids is 1. The number of nitrogens with zero attached hydrogens (tertiary/aromatic N) is 1. The number of carbonyl (C=O) groups is 1. The number of hydrogen-bond donors (Lipinski definition) is 1. The molecule has 0 aliphatic carbocycles. The first-order valence-electron chi connectivity index (χ1n) is 8.69. The summed E-state index contributed by atoms with van der Waals surface area (Å²) in [6.45, 7) is 1.67. The Hall–Kier alpha value is -3.47. The van der Waals surface area contributed by atoms with Crippen molar-refractivity contribution in [2.24, 2.45) is 0 Å². The van der Waals surface area contributed by atoms with Gasteiger partial charge in [0.15, 0.2) is 0 Å². The Bertz CT molecular complexity index is 901. The van der Waals surface area contributed by atoms with E-state index in [9.17, 15) is 14.9 Å². The molecule has 0 spiro atoms. The fraction of sp³-hybridized carbons (Fsp3) is 0.136. The summed E-state index contributed by atoms with van der Waals surface area (Å²) in [6, 6.07) is 24.4. The summed E-state index contributed by atoms with van der Waals surface area (Å²) in [5.41, 5.74) is 3.08. The van der Waals surface area contributed by atoms with Crippen LogP contribution in [0, 0.1) is 17.0 Å². The smallest absolute Gasteiger partial charge is 0.274 e. The minimum atomic E-state index is -0.443. The molecule has 1 N–H and O–H groups in total. The van der Waals surface area contributed by atoms with E-state index in [1.165, 1.54) is 6.07 Å². The van der Waals surface area contributed by atoms with Crippen LogP contribution in [0.3, 0.4) is 0 Å².